The maximum Gasteiger partial charge on any atom is 0.240 e. The minimum absolute atomic E-state index is 0.0643. The molecule has 0 aliphatic heterocycles. The van der Waals surface area contributed by atoms with E-state index in [9.17, 15) is 14.0 Å². The first-order valence-electron chi connectivity index (χ1n) is 11.4. The Morgan fingerprint density at radius 2 is 1.76 bits per heavy atom. The zero-order chi connectivity index (χ0) is 23.9. The lowest BCUT2D eigenvalue weighted by Crippen LogP contribution is -2.45. The number of benzene rings is 2. The molecule has 4 rings (SSSR count). The van der Waals surface area contributed by atoms with Gasteiger partial charge in [-0.25, -0.2) is 4.39 Å². The van der Waals surface area contributed by atoms with Crippen molar-refractivity contribution < 1.29 is 14.0 Å². The van der Waals surface area contributed by atoms with E-state index in [-0.39, 0.29) is 30.2 Å². The molecule has 3 aromatic rings. The molecular formula is C25H28FN5O2S. The zero-order valence-corrected chi connectivity index (χ0v) is 19.9. The fourth-order valence-electron chi connectivity index (χ4n) is 4.09. The molecule has 1 aromatic heterocycles. The van der Waals surface area contributed by atoms with E-state index in [0.717, 1.165) is 31.2 Å². The zero-order valence-electron chi connectivity index (χ0n) is 19.1. The molecule has 1 aliphatic carbocycles. The number of carbonyl (C=O) groups excluding carboxylic acids is 2. The van der Waals surface area contributed by atoms with Crippen LogP contribution in [0, 0.1) is 5.82 Å². The van der Waals surface area contributed by atoms with E-state index >= 15 is 0 Å². The van der Waals surface area contributed by atoms with Crippen LogP contribution in [0.2, 0.25) is 0 Å². The number of anilines is 1. The molecule has 2 amide bonds. The molecule has 0 radical (unpaired) electrons. The van der Waals surface area contributed by atoms with Gasteiger partial charge in [-0.1, -0.05) is 61.4 Å². The maximum absolute atomic E-state index is 13.5. The minimum Gasteiger partial charge on any atom is -0.352 e. The Morgan fingerprint density at radius 1 is 1.06 bits per heavy atom. The lowest BCUT2D eigenvalue weighted by atomic mass is 9.95. The molecule has 34 heavy (non-hydrogen) atoms. The van der Waals surface area contributed by atoms with Crippen molar-refractivity contribution in [2.75, 3.05) is 17.2 Å². The van der Waals surface area contributed by atoms with Crippen molar-refractivity contribution in [3.8, 4) is 11.4 Å². The van der Waals surface area contributed by atoms with Gasteiger partial charge in [0, 0.05) is 24.3 Å². The minimum atomic E-state index is -0.398. The average Bonchev–Trinajstić information content (AvgIpc) is 3.23. The largest absolute Gasteiger partial charge is 0.352 e. The first kappa shape index (κ1) is 23.9. The number of halogens is 1. The molecule has 1 saturated carbocycles. The number of carbonyl (C=O) groups is 2. The number of aromatic nitrogens is 3. The lowest BCUT2D eigenvalue weighted by molar-refractivity contribution is -0.123. The van der Waals surface area contributed by atoms with Gasteiger partial charge in [-0.05, 0) is 37.1 Å². The Morgan fingerprint density at radius 3 is 2.47 bits per heavy atom. The predicted octanol–water partition coefficient (Wildman–Crippen LogP) is 4.20. The first-order valence-corrected chi connectivity index (χ1v) is 12.4. The van der Waals surface area contributed by atoms with Crippen molar-refractivity contribution in [3.05, 3.63) is 60.4 Å². The molecule has 7 nitrogen and oxygen atoms in total. The highest BCUT2D eigenvalue weighted by atomic mass is 32.2. The number of amides is 2. The van der Waals surface area contributed by atoms with Crippen LogP contribution in [0.15, 0.2) is 59.8 Å². The molecule has 0 unspecified atom stereocenters. The molecule has 1 heterocycles. The van der Waals surface area contributed by atoms with E-state index in [2.05, 4.69) is 15.5 Å². The first-order chi connectivity index (χ1) is 16.5. The quantitative estimate of drug-likeness (QED) is 0.488. The summed E-state index contributed by atoms with van der Waals surface area (Å²) in [5, 5.41) is 12.1. The van der Waals surface area contributed by atoms with E-state index in [1.807, 2.05) is 41.9 Å². The van der Waals surface area contributed by atoms with Gasteiger partial charge in [-0.15, -0.1) is 10.2 Å². The van der Waals surface area contributed by atoms with Gasteiger partial charge in [0.05, 0.1) is 5.75 Å². The summed E-state index contributed by atoms with van der Waals surface area (Å²) in [6, 6.07) is 15.4. The van der Waals surface area contributed by atoms with Gasteiger partial charge in [0.25, 0.3) is 0 Å². The van der Waals surface area contributed by atoms with Gasteiger partial charge < -0.3 is 14.8 Å². The van der Waals surface area contributed by atoms with E-state index in [1.54, 1.807) is 0 Å². The molecule has 1 aliphatic rings. The molecule has 1 N–H and O–H groups in total. The normalized spacial score (nSPS) is 14.1. The number of nitrogens with one attached hydrogen (secondary N) is 1. The monoisotopic (exact) mass is 481 g/mol. The van der Waals surface area contributed by atoms with Crippen molar-refractivity contribution in [3.63, 3.8) is 0 Å². The highest BCUT2D eigenvalue weighted by Crippen LogP contribution is 2.24. The SMILES string of the molecule is Cn1c(SCC(=O)N(CC(=O)NC2CCCCC2)c2ccc(F)cc2)nnc1-c1ccccc1. The summed E-state index contributed by atoms with van der Waals surface area (Å²) in [6.45, 7) is -0.115. The summed E-state index contributed by atoms with van der Waals surface area (Å²) in [6.07, 6.45) is 5.32. The highest BCUT2D eigenvalue weighted by Gasteiger charge is 2.23. The van der Waals surface area contributed by atoms with Crippen molar-refractivity contribution in [2.45, 2.75) is 43.3 Å². The molecule has 9 heteroatoms. The second-order valence-electron chi connectivity index (χ2n) is 8.38. The highest BCUT2D eigenvalue weighted by molar-refractivity contribution is 7.99. The van der Waals surface area contributed by atoms with Crippen molar-refractivity contribution in [1.82, 2.24) is 20.1 Å². The fraction of sp³-hybridized carbons (Fsp3) is 0.360. The van der Waals surface area contributed by atoms with Gasteiger partial charge in [0.15, 0.2) is 11.0 Å². The number of thioether (sulfide) groups is 1. The Hall–Kier alpha value is -3.20. The molecule has 1 fully saturated rings. The molecule has 0 saturated heterocycles. The van der Waals surface area contributed by atoms with Crippen molar-refractivity contribution in [1.29, 1.82) is 0 Å². The molecule has 178 valence electrons. The number of rotatable bonds is 8. The number of nitrogens with zero attached hydrogens (tertiary/aromatic N) is 4. The van der Waals surface area contributed by atoms with Gasteiger partial charge in [-0.2, -0.15) is 0 Å². The number of hydrogen-bond acceptors (Lipinski definition) is 5. The van der Waals surface area contributed by atoms with Crippen LogP contribution in [0.4, 0.5) is 10.1 Å². The van der Waals surface area contributed by atoms with Crippen LogP contribution in [0.5, 0.6) is 0 Å². The Bertz CT molecular complexity index is 1110. The smallest absolute Gasteiger partial charge is 0.240 e. The summed E-state index contributed by atoms with van der Waals surface area (Å²) >= 11 is 1.25. The van der Waals surface area contributed by atoms with Gasteiger partial charge in [0.1, 0.15) is 12.4 Å². The molecule has 2 aromatic carbocycles. The van der Waals surface area contributed by atoms with E-state index in [1.165, 1.54) is 47.3 Å². The average molecular weight is 482 g/mol. The summed E-state index contributed by atoms with van der Waals surface area (Å²) in [7, 11) is 1.85. The second-order valence-corrected chi connectivity index (χ2v) is 9.32. The predicted molar refractivity (Wildman–Crippen MR) is 131 cm³/mol. The van der Waals surface area contributed by atoms with Crippen molar-refractivity contribution >= 4 is 29.3 Å². The van der Waals surface area contributed by atoms with Crippen LogP contribution >= 0.6 is 11.8 Å². The Balaban J connectivity index is 1.44. The van der Waals surface area contributed by atoms with E-state index < -0.39 is 5.82 Å². The van der Waals surface area contributed by atoms with Crippen LogP contribution in [-0.4, -0.2) is 44.9 Å². The Kier molecular flexibility index (Phi) is 7.95. The summed E-state index contributed by atoms with van der Waals surface area (Å²) < 4.78 is 15.3. The van der Waals surface area contributed by atoms with Crippen molar-refractivity contribution in [2.24, 2.45) is 7.05 Å². The van der Waals surface area contributed by atoms with E-state index in [0.29, 0.717) is 16.7 Å². The van der Waals surface area contributed by atoms with Crippen LogP contribution in [0.3, 0.4) is 0 Å². The third kappa shape index (κ3) is 6.02. The Labute approximate surface area is 202 Å². The molecule has 0 bridgehead atoms. The number of hydrogen-bond donors (Lipinski definition) is 1. The van der Waals surface area contributed by atoms with Gasteiger partial charge in [-0.3, -0.25) is 9.59 Å². The second kappa shape index (κ2) is 11.3. The topological polar surface area (TPSA) is 80.1 Å². The van der Waals surface area contributed by atoms with Gasteiger partial charge >= 0.3 is 0 Å². The third-order valence-corrected chi connectivity index (χ3v) is 6.91. The summed E-state index contributed by atoms with van der Waals surface area (Å²) in [5.74, 6) is -0.101. The van der Waals surface area contributed by atoms with Crippen LogP contribution in [0.1, 0.15) is 32.1 Å². The fourth-order valence-corrected chi connectivity index (χ4v) is 4.88. The van der Waals surface area contributed by atoms with E-state index in [4.69, 9.17) is 0 Å². The molecule has 0 atom stereocenters. The van der Waals surface area contributed by atoms with Crippen LogP contribution in [0.25, 0.3) is 11.4 Å². The maximum atomic E-state index is 13.5. The summed E-state index contributed by atoms with van der Waals surface area (Å²) in [5.41, 5.74) is 1.41. The van der Waals surface area contributed by atoms with Crippen LogP contribution in [-0.2, 0) is 16.6 Å². The third-order valence-electron chi connectivity index (χ3n) is 5.90. The summed E-state index contributed by atoms with van der Waals surface area (Å²) in [4.78, 5) is 27.3. The standard InChI is InChI=1S/C25H28FN5O2S/c1-30-24(18-8-4-2-5-9-18)28-29-25(30)34-17-23(33)31(21-14-12-19(26)13-15-21)16-22(32)27-20-10-6-3-7-11-20/h2,4-5,8-9,12-15,20H,3,6-7,10-11,16-17H2,1H3,(H,27,32). The van der Waals surface area contributed by atoms with Crippen LogP contribution < -0.4 is 10.2 Å². The van der Waals surface area contributed by atoms with Gasteiger partial charge in [0.2, 0.25) is 11.8 Å². The lowest BCUT2D eigenvalue weighted by Gasteiger charge is -2.26. The molecular weight excluding hydrogens is 453 g/mol. The molecule has 0 spiro atoms.